The molecular weight excluding hydrogens is 376 g/mol. The van der Waals surface area contributed by atoms with Gasteiger partial charge >= 0.3 is 0 Å². The summed E-state index contributed by atoms with van der Waals surface area (Å²) in [5, 5.41) is 3.82. The zero-order valence-electron chi connectivity index (χ0n) is 17.4. The Morgan fingerprint density at radius 1 is 0.613 bits per heavy atom. The van der Waals surface area contributed by atoms with Crippen molar-refractivity contribution >= 4 is 38.8 Å². The molecule has 0 spiro atoms. The van der Waals surface area contributed by atoms with E-state index in [1.807, 2.05) is 0 Å². The molecule has 0 amide bonds. The molecule has 6 rings (SSSR count). The van der Waals surface area contributed by atoms with Crippen molar-refractivity contribution in [1.82, 2.24) is 9.13 Å². The van der Waals surface area contributed by atoms with E-state index >= 15 is 0 Å². The maximum atomic E-state index is 2.40. The number of hydrogen-bond acceptors (Lipinski definition) is 0. The van der Waals surface area contributed by atoms with Crippen molar-refractivity contribution in [3.8, 4) is 11.4 Å². The van der Waals surface area contributed by atoms with E-state index < -0.39 is 0 Å². The van der Waals surface area contributed by atoms with Gasteiger partial charge in [0.1, 0.15) is 0 Å². The van der Waals surface area contributed by atoms with Crippen LogP contribution in [0.4, 0.5) is 0 Å². The van der Waals surface area contributed by atoms with Crippen LogP contribution in [0.25, 0.3) is 50.2 Å². The number of nitrogens with zero attached hydrogens (tertiary/aromatic N) is 2. The molecule has 2 nitrogen and oxygen atoms in total. The van der Waals surface area contributed by atoms with E-state index in [0.29, 0.717) is 0 Å². The van der Waals surface area contributed by atoms with Gasteiger partial charge in [0, 0.05) is 33.7 Å². The first-order valence-electron chi connectivity index (χ1n) is 10.7. The Morgan fingerprint density at radius 3 is 2.06 bits per heavy atom. The van der Waals surface area contributed by atoms with Gasteiger partial charge in [-0.1, -0.05) is 60.7 Å². The predicted octanol–water partition coefficient (Wildman–Crippen LogP) is 7.76. The molecule has 6 aromatic rings. The second-order valence-electron chi connectivity index (χ2n) is 7.86. The first-order valence-corrected chi connectivity index (χ1v) is 10.7. The predicted molar refractivity (Wildman–Crippen MR) is 132 cm³/mol. The summed E-state index contributed by atoms with van der Waals surface area (Å²) in [5.41, 5.74) is 7.28. The van der Waals surface area contributed by atoms with Crippen molar-refractivity contribution in [2.75, 3.05) is 0 Å². The van der Waals surface area contributed by atoms with Crippen molar-refractivity contribution in [2.24, 2.45) is 0 Å². The normalized spacial score (nSPS) is 11.9. The van der Waals surface area contributed by atoms with E-state index in [1.54, 1.807) is 0 Å². The molecule has 2 aromatic heterocycles. The molecule has 0 aliphatic heterocycles. The van der Waals surface area contributed by atoms with Gasteiger partial charge in [0.25, 0.3) is 0 Å². The van der Waals surface area contributed by atoms with Gasteiger partial charge in [-0.25, -0.2) is 0 Å². The molecule has 4 aromatic carbocycles. The minimum atomic E-state index is 1.18. The summed E-state index contributed by atoms with van der Waals surface area (Å²) < 4.78 is 4.68. The summed E-state index contributed by atoms with van der Waals surface area (Å²) in [6.07, 6.45) is 6.43. The molecule has 31 heavy (non-hydrogen) atoms. The zero-order chi connectivity index (χ0) is 20.8. The highest BCUT2D eigenvalue weighted by Gasteiger charge is 2.17. The van der Waals surface area contributed by atoms with Gasteiger partial charge in [-0.15, -0.1) is 0 Å². The molecule has 0 saturated heterocycles. The Hall–Kier alpha value is -4.04. The fourth-order valence-electron chi connectivity index (χ4n) is 4.70. The monoisotopic (exact) mass is 398 g/mol. The van der Waals surface area contributed by atoms with Crippen LogP contribution in [-0.4, -0.2) is 9.13 Å². The van der Waals surface area contributed by atoms with Gasteiger partial charge in [-0.05, 0) is 61.0 Å². The van der Waals surface area contributed by atoms with E-state index in [0.717, 1.165) is 0 Å². The molecule has 0 aliphatic carbocycles. The SMILES string of the molecule is C/C=C/c1ccc2c(c1)c1ccc3c(ccn3-c3ccccc3)c1n2-c1ccccc1. The fraction of sp³-hybridized carbons (Fsp3) is 0.0345. The van der Waals surface area contributed by atoms with E-state index in [2.05, 4.69) is 131 Å². The number of para-hydroxylation sites is 2. The van der Waals surface area contributed by atoms with Gasteiger partial charge in [0.15, 0.2) is 0 Å². The van der Waals surface area contributed by atoms with Gasteiger partial charge in [-0.2, -0.15) is 0 Å². The minimum absolute atomic E-state index is 1.18. The summed E-state index contributed by atoms with van der Waals surface area (Å²) >= 11 is 0. The lowest BCUT2D eigenvalue weighted by Gasteiger charge is -2.09. The topological polar surface area (TPSA) is 9.86 Å². The Morgan fingerprint density at radius 2 is 1.32 bits per heavy atom. The van der Waals surface area contributed by atoms with Crippen LogP contribution in [0.5, 0.6) is 0 Å². The molecule has 0 aliphatic rings. The van der Waals surface area contributed by atoms with Crippen molar-refractivity contribution in [2.45, 2.75) is 6.92 Å². The number of rotatable bonds is 3. The van der Waals surface area contributed by atoms with E-state index in [-0.39, 0.29) is 0 Å². The minimum Gasteiger partial charge on any atom is -0.316 e. The number of allylic oxidation sites excluding steroid dienone is 1. The van der Waals surface area contributed by atoms with Crippen LogP contribution < -0.4 is 0 Å². The molecule has 0 N–H and O–H groups in total. The molecule has 0 fully saturated rings. The average molecular weight is 399 g/mol. The Bertz CT molecular complexity index is 1570. The first kappa shape index (κ1) is 17.8. The Balaban J connectivity index is 1.76. The van der Waals surface area contributed by atoms with Crippen LogP contribution in [0.15, 0.2) is 109 Å². The van der Waals surface area contributed by atoms with Gasteiger partial charge in [0.05, 0.1) is 16.6 Å². The van der Waals surface area contributed by atoms with Gasteiger partial charge in [0.2, 0.25) is 0 Å². The standard InChI is InChI=1S/C29H22N2/c1-2-9-21-14-16-28-26(20-21)24-15-17-27-25(18-19-30(27)22-10-5-3-6-11-22)29(24)31(28)23-12-7-4-8-13-23/h2-20H,1H3/b9-2+. The third-order valence-electron chi connectivity index (χ3n) is 6.03. The molecule has 2 heteroatoms. The fourth-order valence-corrected chi connectivity index (χ4v) is 4.70. The van der Waals surface area contributed by atoms with Crippen LogP contribution in [0, 0.1) is 0 Å². The van der Waals surface area contributed by atoms with Crippen molar-refractivity contribution in [3.63, 3.8) is 0 Å². The molecule has 0 unspecified atom stereocenters. The lowest BCUT2D eigenvalue weighted by molar-refractivity contribution is 1.13. The molecule has 0 bridgehead atoms. The maximum Gasteiger partial charge on any atom is 0.0635 e. The summed E-state index contributed by atoms with van der Waals surface area (Å²) in [5.74, 6) is 0. The molecule has 2 heterocycles. The lowest BCUT2D eigenvalue weighted by Crippen LogP contribution is -1.94. The van der Waals surface area contributed by atoms with Crippen LogP contribution in [0.1, 0.15) is 12.5 Å². The van der Waals surface area contributed by atoms with E-state index in [4.69, 9.17) is 0 Å². The van der Waals surface area contributed by atoms with E-state index in [9.17, 15) is 0 Å². The molecule has 0 atom stereocenters. The third kappa shape index (κ3) is 2.72. The first-order chi connectivity index (χ1) is 15.3. The second kappa shape index (κ2) is 7.03. The molecule has 148 valence electrons. The highest BCUT2D eigenvalue weighted by molar-refractivity contribution is 6.18. The summed E-state index contributed by atoms with van der Waals surface area (Å²) in [4.78, 5) is 0. The quantitative estimate of drug-likeness (QED) is 0.288. The third-order valence-corrected chi connectivity index (χ3v) is 6.03. The highest BCUT2D eigenvalue weighted by atomic mass is 15.0. The molecule has 0 radical (unpaired) electrons. The average Bonchev–Trinajstić information content (AvgIpc) is 3.39. The summed E-state index contributed by atoms with van der Waals surface area (Å²) in [6, 6.07) is 34.7. The summed E-state index contributed by atoms with van der Waals surface area (Å²) in [7, 11) is 0. The van der Waals surface area contributed by atoms with Crippen molar-refractivity contribution in [3.05, 3.63) is 115 Å². The van der Waals surface area contributed by atoms with Crippen molar-refractivity contribution < 1.29 is 0 Å². The van der Waals surface area contributed by atoms with Crippen molar-refractivity contribution in [1.29, 1.82) is 0 Å². The number of aromatic nitrogens is 2. The maximum absolute atomic E-state index is 2.40. The smallest absolute Gasteiger partial charge is 0.0635 e. The van der Waals surface area contributed by atoms with Crippen LogP contribution in [0.3, 0.4) is 0 Å². The molecule has 0 saturated carbocycles. The Labute approximate surface area is 181 Å². The van der Waals surface area contributed by atoms with E-state index in [1.165, 1.54) is 49.6 Å². The number of fused-ring (bicyclic) bond motifs is 5. The zero-order valence-corrected chi connectivity index (χ0v) is 17.4. The largest absolute Gasteiger partial charge is 0.316 e. The Kier molecular flexibility index (Phi) is 4.03. The lowest BCUT2D eigenvalue weighted by atomic mass is 10.1. The second-order valence-corrected chi connectivity index (χ2v) is 7.86. The van der Waals surface area contributed by atoms with Crippen LogP contribution in [0.2, 0.25) is 0 Å². The highest BCUT2D eigenvalue weighted by Crippen LogP contribution is 2.38. The van der Waals surface area contributed by atoms with Crippen LogP contribution in [-0.2, 0) is 0 Å². The molecular formula is C29H22N2. The number of benzene rings is 4. The number of hydrogen-bond donors (Lipinski definition) is 0. The van der Waals surface area contributed by atoms with Gasteiger partial charge in [-0.3, -0.25) is 0 Å². The summed E-state index contributed by atoms with van der Waals surface area (Å²) in [6.45, 7) is 2.06. The van der Waals surface area contributed by atoms with Crippen LogP contribution >= 0.6 is 0 Å². The van der Waals surface area contributed by atoms with Gasteiger partial charge < -0.3 is 9.13 Å².